The van der Waals surface area contributed by atoms with E-state index in [4.69, 9.17) is 11.6 Å². The fourth-order valence-corrected chi connectivity index (χ4v) is 6.81. The Kier molecular flexibility index (Phi) is 4.45. The Labute approximate surface area is 157 Å². The number of benzene rings is 1. The minimum atomic E-state index is -3.50. The van der Waals surface area contributed by atoms with Crippen molar-refractivity contribution in [2.75, 3.05) is 31.1 Å². The van der Waals surface area contributed by atoms with E-state index >= 15 is 0 Å². The summed E-state index contributed by atoms with van der Waals surface area (Å²) in [6.45, 7) is 1.84. The zero-order valence-corrected chi connectivity index (χ0v) is 16.1. The normalized spacial score (nSPS) is 16.6. The Balaban J connectivity index is 1.50. The Morgan fingerprint density at radius 1 is 1.08 bits per heavy atom. The summed E-state index contributed by atoms with van der Waals surface area (Å²) in [6, 6.07) is 7.65. The van der Waals surface area contributed by atoms with Crippen molar-refractivity contribution < 1.29 is 12.8 Å². The number of nitrogens with zero attached hydrogens (tertiary/aromatic N) is 3. The Bertz CT molecular complexity index is 1030. The van der Waals surface area contributed by atoms with Crippen LogP contribution in [0, 0.1) is 5.82 Å². The molecule has 10 heteroatoms. The molecule has 0 saturated carbocycles. The van der Waals surface area contributed by atoms with E-state index in [9.17, 15) is 12.8 Å². The number of hydrogen-bond acceptors (Lipinski definition) is 6. The van der Waals surface area contributed by atoms with Crippen LogP contribution in [-0.4, -0.2) is 43.9 Å². The molecule has 5 nitrogen and oxygen atoms in total. The van der Waals surface area contributed by atoms with E-state index in [1.54, 1.807) is 12.1 Å². The van der Waals surface area contributed by atoms with Crippen LogP contribution in [0.1, 0.15) is 0 Å². The maximum atomic E-state index is 13.3. The topological polar surface area (TPSA) is 53.5 Å². The summed E-state index contributed by atoms with van der Waals surface area (Å²) in [5.74, 6) is -0.284. The second-order valence-corrected chi connectivity index (χ2v) is 10.4. The van der Waals surface area contributed by atoms with Crippen molar-refractivity contribution in [1.29, 1.82) is 0 Å². The van der Waals surface area contributed by atoms with Crippen LogP contribution in [0.2, 0.25) is 4.34 Å². The van der Waals surface area contributed by atoms with Crippen molar-refractivity contribution in [3.63, 3.8) is 0 Å². The van der Waals surface area contributed by atoms with Gasteiger partial charge in [-0.2, -0.15) is 4.31 Å². The van der Waals surface area contributed by atoms with Crippen LogP contribution < -0.4 is 4.90 Å². The molecule has 25 heavy (non-hydrogen) atoms. The molecule has 1 saturated heterocycles. The third kappa shape index (κ3) is 3.26. The molecule has 4 rings (SSSR count). The summed E-state index contributed by atoms with van der Waals surface area (Å²) < 4.78 is 41.6. The number of rotatable bonds is 3. The molecule has 1 aliphatic rings. The van der Waals surface area contributed by atoms with E-state index in [-0.39, 0.29) is 10.0 Å². The molecule has 132 valence electrons. The summed E-state index contributed by atoms with van der Waals surface area (Å²) in [6.07, 6.45) is 0. The van der Waals surface area contributed by atoms with Crippen LogP contribution in [0.25, 0.3) is 10.2 Å². The second kappa shape index (κ2) is 6.48. The van der Waals surface area contributed by atoms with Gasteiger partial charge in [-0.3, -0.25) is 0 Å². The van der Waals surface area contributed by atoms with Crippen molar-refractivity contribution in [1.82, 2.24) is 9.29 Å². The van der Waals surface area contributed by atoms with Crippen molar-refractivity contribution in [3.8, 4) is 0 Å². The molecule has 3 aromatic rings. The number of halogens is 2. The third-order valence-electron chi connectivity index (χ3n) is 3.99. The first kappa shape index (κ1) is 17.2. The van der Waals surface area contributed by atoms with E-state index < -0.39 is 10.0 Å². The number of sulfonamides is 1. The van der Waals surface area contributed by atoms with Gasteiger partial charge in [0.25, 0.3) is 10.0 Å². The number of thiophene rings is 1. The van der Waals surface area contributed by atoms with Crippen molar-refractivity contribution in [3.05, 3.63) is 40.5 Å². The summed E-state index contributed by atoms with van der Waals surface area (Å²) >= 11 is 8.34. The number of thiazole rings is 1. The Morgan fingerprint density at radius 3 is 2.52 bits per heavy atom. The fourth-order valence-electron chi connectivity index (χ4n) is 2.70. The standard InChI is InChI=1S/C15H13ClFN3O2S3/c16-13-3-4-14(24-13)25(21,22)20-7-5-19(6-8-20)15-18-11-2-1-10(17)9-12(11)23-15/h1-4,9H,5-8H2. The van der Waals surface area contributed by atoms with Crippen molar-refractivity contribution in [2.45, 2.75) is 4.21 Å². The van der Waals surface area contributed by atoms with Gasteiger partial charge in [-0.05, 0) is 30.3 Å². The van der Waals surface area contributed by atoms with Crippen LogP contribution in [0.4, 0.5) is 9.52 Å². The number of hydrogen-bond donors (Lipinski definition) is 0. The summed E-state index contributed by atoms with van der Waals surface area (Å²) in [5, 5.41) is 0.789. The lowest BCUT2D eigenvalue weighted by Gasteiger charge is -2.33. The van der Waals surface area contributed by atoms with Gasteiger partial charge in [0.2, 0.25) is 0 Å². The summed E-state index contributed by atoms with van der Waals surface area (Å²) in [5.41, 5.74) is 0.754. The summed E-state index contributed by atoms with van der Waals surface area (Å²) in [4.78, 5) is 6.56. The first-order valence-electron chi connectivity index (χ1n) is 7.50. The first-order chi connectivity index (χ1) is 11.9. The smallest absolute Gasteiger partial charge is 0.252 e. The van der Waals surface area contributed by atoms with Gasteiger partial charge in [-0.15, -0.1) is 11.3 Å². The predicted molar refractivity (Wildman–Crippen MR) is 99.9 cm³/mol. The zero-order chi connectivity index (χ0) is 17.6. The molecule has 0 aliphatic carbocycles. The highest BCUT2D eigenvalue weighted by Gasteiger charge is 2.30. The van der Waals surface area contributed by atoms with Gasteiger partial charge < -0.3 is 4.90 Å². The molecular formula is C15H13ClFN3O2S3. The maximum Gasteiger partial charge on any atom is 0.252 e. The van der Waals surface area contributed by atoms with Crippen LogP contribution in [0.5, 0.6) is 0 Å². The SMILES string of the molecule is O=S(=O)(c1ccc(Cl)s1)N1CCN(c2nc3ccc(F)cc3s2)CC1. The lowest BCUT2D eigenvalue weighted by Crippen LogP contribution is -2.48. The monoisotopic (exact) mass is 417 g/mol. The average molecular weight is 418 g/mol. The minimum absolute atomic E-state index is 0.265. The number of fused-ring (bicyclic) bond motifs is 1. The van der Waals surface area contributed by atoms with Gasteiger partial charge in [-0.25, -0.2) is 17.8 Å². The molecule has 0 atom stereocenters. The van der Waals surface area contributed by atoms with Crippen LogP contribution in [0.3, 0.4) is 0 Å². The molecule has 1 fully saturated rings. The molecule has 2 aromatic heterocycles. The molecule has 1 aliphatic heterocycles. The third-order valence-corrected chi connectivity index (χ3v) is 8.67. The highest BCUT2D eigenvalue weighted by molar-refractivity contribution is 7.91. The van der Waals surface area contributed by atoms with Crippen LogP contribution in [0.15, 0.2) is 34.5 Å². The summed E-state index contributed by atoms with van der Waals surface area (Å²) in [7, 11) is -3.50. The molecule has 0 unspecified atom stereocenters. The van der Waals surface area contributed by atoms with Gasteiger partial charge >= 0.3 is 0 Å². The Morgan fingerprint density at radius 2 is 1.84 bits per heavy atom. The van der Waals surface area contributed by atoms with E-state index in [0.717, 1.165) is 26.7 Å². The molecular weight excluding hydrogens is 405 g/mol. The second-order valence-electron chi connectivity index (χ2n) is 5.56. The van der Waals surface area contributed by atoms with E-state index in [1.807, 2.05) is 4.90 Å². The van der Waals surface area contributed by atoms with Crippen molar-refractivity contribution in [2.24, 2.45) is 0 Å². The Hall–Kier alpha value is -1.26. The number of anilines is 1. The highest BCUT2D eigenvalue weighted by atomic mass is 35.5. The lowest BCUT2D eigenvalue weighted by molar-refractivity contribution is 0.386. The van der Waals surface area contributed by atoms with Gasteiger partial charge in [-0.1, -0.05) is 22.9 Å². The largest absolute Gasteiger partial charge is 0.345 e. The van der Waals surface area contributed by atoms with Crippen LogP contribution >= 0.6 is 34.3 Å². The molecule has 0 bridgehead atoms. The fraction of sp³-hybridized carbons (Fsp3) is 0.267. The van der Waals surface area contributed by atoms with E-state index in [1.165, 1.54) is 33.8 Å². The molecule has 3 heterocycles. The van der Waals surface area contributed by atoms with E-state index in [2.05, 4.69) is 4.98 Å². The predicted octanol–water partition coefficient (Wildman–Crippen LogP) is 3.66. The molecule has 0 spiro atoms. The number of aromatic nitrogens is 1. The molecule has 0 amide bonds. The maximum absolute atomic E-state index is 13.3. The molecule has 0 radical (unpaired) electrons. The quantitative estimate of drug-likeness (QED) is 0.652. The molecule has 1 aromatic carbocycles. The van der Waals surface area contributed by atoms with E-state index in [0.29, 0.717) is 30.5 Å². The van der Waals surface area contributed by atoms with Gasteiger partial charge in [0, 0.05) is 26.2 Å². The first-order valence-corrected chi connectivity index (χ1v) is 10.9. The zero-order valence-electron chi connectivity index (χ0n) is 12.9. The molecule has 0 N–H and O–H groups in total. The highest BCUT2D eigenvalue weighted by Crippen LogP contribution is 2.32. The van der Waals surface area contributed by atoms with Gasteiger partial charge in [0.1, 0.15) is 10.0 Å². The van der Waals surface area contributed by atoms with Crippen LogP contribution in [-0.2, 0) is 10.0 Å². The van der Waals surface area contributed by atoms with Gasteiger partial charge in [0.05, 0.1) is 14.6 Å². The minimum Gasteiger partial charge on any atom is -0.345 e. The number of piperazine rings is 1. The van der Waals surface area contributed by atoms with Gasteiger partial charge in [0.15, 0.2) is 5.13 Å². The van der Waals surface area contributed by atoms with Crippen molar-refractivity contribution >= 4 is 59.6 Å². The lowest BCUT2D eigenvalue weighted by atomic mass is 10.3. The average Bonchev–Trinajstić information content (AvgIpc) is 3.21.